The Kier molecular flexibility index (Phi) is 3.63. The standard InChI is InChI=1S/C17H27NO/c1-16(2,3)13-9-10-18-15(14(13)17(4,5)6)19-11-12-7-8-12/h9-10,12H,7-8,11H2,1-6H3. The van der Waals surface area contributed by atoms with Gasteiger partial charge in [0.05, 0.1) is 6.61 Å². The van der Waals surface area contributed by atoms with Crippen molar-refractivity contribution in [2.24, 2.45) is 5.92 Å². The average Bonchev–Trinajstić information content (AvgIpc) is 3.07. The van der Waals surface area contributed by atoms with Crippen LogP contribution in [0.25, 0.3) is 0 Å². The number of pyridine rings is 1. The number of hydrogen-bond donors (Lipinski definition) is 0. The zero-order valence-corrected chi connectivity index (χ0v) is 13.2. The third-order valence-electron chi connectivity index (χ3n) is 3.63. The molecule has 1 saturated carbocycles. The molecule has 1 heterocycles. The molecule has 0 saturated heterocycles. The van der Waals surface area contributed by atoms with Crippen LogP contribution in [0.15, 0.2) is 12.3 Å². The van der Waals surface area contributed by atoms with Crippen LogP contribution in [0.2, 0.25) is 0 Å². The van der Waals surface area contributed by atoms with Crippen molar-refractivity contribution in [3.05, 3.63) is 23.4 Å². The van der Waals surface area contributed by atoms with E-state index in [4.69, 9.17) is 4.74 Å². The second kappa shape index (κ2) is 4.81. The molecule has 2 heteroatoms. The maximum atomic E-state index is 6.01. The summed E-state index contributed by atoms with van der Waals surface area (Å²) in [5.74, 6) is 1.60. The van der Waals surface area contributed by atoms with Crippen LogP contribution in [-0.2, 0) is 10.8 Å². The SMILES string of the molecule is CC(C)(C)c1ccnc(OCC2CC2)c1C(C)(C)C. The minimum atomic E-state index is 0.0513. The van der Waals surface area contributed by atoms with E-state index in [9.17, 15) is 0 Å². The van der Waals surface area contributed by atoms with Gasteiger partial charge in [-0.2, -0.15) is 0 Å². The van der Waals surface area contributed by atoms with Crippen molar-refractivity contribution in [3.63, 3.8) is 0 Å². The van der Waals surface area contributed by atoms with E-state index in [2.05, 4.69) is 52.6 Å². The Hall–Kier alpha value is -1.05. The van der Waals surface area contributed by atoms with Crippen molar-refractivity contribution >= 4 is 0 Å². The topological polar surface area (TPSA) is 22.1 Å². The van der Waals surface area contributed by atoms with Crippen molar-refractivity contribution in [1.29, 1.82) is 0 Å². The van der Waals surface area contributed by atoms with E-state index < -0.39 is 0 Å². The Morgan fingerprint density at radius 1 is 1.11 bits per heavy atom. The molecule has 2 nitrogen and oxygen atoms in total. The van der Waals surface area contributed by atoms with Crippen LogP contribution in [0.4, 0.5) is 0 Å². The first-order chi connectivity index (χ1) is 8.69. The van der Waals surface area contributed by atoms with Gasteiger partial charge in [0.15, 0.2) is 0 Å². The van der Waals surface area contributed by atoms with Crippen molar-refractivity contribution < 1.29 is 4.74 Å². The highest BCUT2D eigenvalue weighted by molar-refractivity contribution is 5.43. The van der Waals surface area contributed by atoms with Gasteiger partial charge in [-0.3, -0.25) is 0 Å². The summed E-state index contributed by atoms with van der Waals surface area (Å²) in [6.45, 7) is 14.3. The zero-order valence-electron chi connectivity index (χ0n) is 13.2. The van der Waals surface area contributed by atoms with Gasteiger partial charge in [0.1, 0.15) is 0 Å². The lowest BCUT2D eigenvalue weighted by molar-refractivity contribution is 0.278. The van der Waals surface area contributed by atoms with Crippen LogP contribution < -0.4 is 4.74 Å². The van der Waals surface area contributed by atoms with Crippen molar-refractivity contribution in [1.82, 2.24) is 4.98 Å². The number of hydrogen-bond acceptors (Lipinski definition) is 2. The number of ether oxygens (including phenoxy) is 1. The number of rotatable bonds is 3. The van der Waals surface area contributed by atoms with Crippen molar-refractivity contribution in [2.45, 2.75) is 65.2 Å². The van der Waals surface area contributed by atoms with E-state index in [1.54, 1.807) is 0 Å². The fraction of sp³-hybridized carbons (Fsp3) is 0.706. The first kappa shape index (κ1) is 14.4. The van der Waals surface area contributed by atoms with Gasteiger partial charge in [0, 0.05) is 11.8 Å². The highest BCUT2D eigenvalue weighted by Gasteiger charge is 2.30. The summed E-state index contributed by atoms with van der Waals surface area (Å²) in [5, 5.41) is 0. The molecule has 0 aliphatic heterocycles. The molecule has 0 unspecified atom stereocenters. The first-order valence-corrected chi connectivity index (χ1v) is 7.32. The molecule has 0 N–H and O–H groups in total. The number of aromatic nitrogens is 1. The largest absolute Gasteiger partial charge is 0.477 e. The summed E-state index contributed by atoms with van der Waals surface area (Å²) in [4.78, 5) is 4.50. The van der Waals surface area contributed by atoms with Gasteiger partial charge in [-0.1, -0.05) is 41.5 Å². The molecule has 1 fully saturated rings. The Morgan fingerprint density at radius 2 is 1.74 bits per heavy atom. The van der Waals surface area contributed by atoms with Gasteiger partial charge >= 0.3 is 0 Å². The van der Waals surface area contributed by atoms with Gasteiger partial charge in [0.25, 0.3) is 0 Å². The maximum Gasteiger partial charge on any atom is 0.217 e. The Morgan fingerprint density at radius 3 is 2.21 bits per heavy atom. The summed E-state index contributed by atoms with van der Waals surface area (Å²) in [5.41, 5.74) is 2.78. The van der Waals surface area contributed by atoms with Gasteiger partial charge in [-0.25, -0.2) is 4.98 Å². The van der Waals surface area contributed by atoms with E-state index in [-0.39, 0.29) is 10.8 Å². The van der Waals surface area contributed by atoms with E-state index in [1.165, 1.54) is 24.0 Å². The monoisotopic (exact) mass is 261 g/mol. The molecular weight excluding hydrogens is 234 g/mol. The van der Waals surface area contributed by atoms with Crippen LogP contribution in [0, 0.1) is 5.92 Å². The van der Waals surface area contributed by atoms with E-state index in [0.717, 1.165) is 18.4 Å². The molecule has 106 valence electrons. The zero-order chi connectivity index (χ0) is 14.3. The minimum Gasteiger partial charge on any atom is -0.477 e. The minimum absolute atomic E-state index is 0.0513. The van der Waals surface area contributed by atoms with Gasteiger partial charge in [-0.15, -0.1) is 0 Å². The molecule has 0 amide bonds. The quantitative estimate of drug-likeness (QED) is 0.801. The third kappa shape index (κ3) is 3.49. The highest BCUT2D eigenvalue weighted by atomic mass is 16.5. The molecule has 2 rings (SSSR count). The summed E-state index contributed by atoms with van der Waals surface area (Å²) in [6, 6.07) is 2.14. The molecule has 0 radical (unpaired) electrons. The molecule has 1 aliphatic rings. The number of nitrogens with zero attached hydrogens (tertiary/aromatic N) is 1. The van der Waals surface area contributed by atoms with Gasteiger partial charge in [-0.05, 0) is 41.2 Å². The average molecular weight is 261 g/mol. The predicted molar refractivity (Wildman–Crippen MR) is 79.9 cm³/mol. The van der Waals surface area contributed by atoms with E-state index in [1.807, 2.05) is 6.20 Å². The van der Waals surface area contributed by atoms with Crippen LogP contribution in [0.1, 0.15) is 65.5 Å². The van der Waals surface area contributed by atoms with Crippen LogP contribution in [0.3, 0.4) is 0 Å². The summed E-state index contributed by atoms with van der Waals surface area (Å²) < 4.78 is 6.01. The molecule has 1 aromatic rings. The Labute approximate surface area is 117 Å². The summed E-state index contributed by atoms with van der Waals surface area (Å²) >= 11 is 0. The molecule has 0 atom stereocenters. The lowest BCUT2D eigenvalue weighted by Crippen LogP contribution is -2.24. The molecule has 1 aliphatic carbocycles. The lowest BCUT2D eigenvalue weighted by Gasteiger charge is -2.31. The fourth-order valence-electron chi connectivity index (χ4n) is 2.38. The Bertz CT molecular complexity index is 447. The lowest BCUT2D eigenvalue weighted by atomic mass is 9.76. The summed E-state index contributed by atoms with van der Waals surface area (Å²) in [6.07, 6.45) is 4.51. The smallest absolute Gasteiger partial charge is 0.217 e. The van der Waals surface area contributed by atoms with Gasteiger partial charge < -0.3 is 4.74 Å². The second-order valence-electron chi connectivity index (χ2n) is 7.79. The van der Waals surface area contributed by atoms with Crippen molar-refractivity contribution in [3.8, 4) is 5.88 Å². The molecule has 0 aromatic carbocycles. The predicted octanol–water partition coefficient (Wildman–Crippen LogP) is 4.47. The summed E-state index contributed by atoms with van der Waals surface area (Å²) in [7, 11) is 0. The third-order valence-corrected chi connectivity index (χ3v) is 3.63. The first-order valence-electron chi connectivity index (χ1n) is 7.32. The molecule has 0 bridgehead atoms. The molecular formula is C17H27NO. The van der Waals surface area contributed by atoms with Crippen LogP contribution in [-0.4, -0.2) is 11.6 Å². The second-order valence-corrected chi connectivity index (χ2v) is 7.79. The molecule has 19 heavy (non-hydrogen) atoms. The van der Waals surface area contributed by atoms with Crippen LogP contribution in [0.5, 0.6) is 5.88 Å². The molecule has 0 spiro atoms. The van der Waals surface area contributed by atoms with E-state index >= 15 is 0 Å². The highest BCUT2D eigenvalue weighted by Crippen LogP contribution is 2.39. The fourth-order valence-corrected chi connectivity index (χ4v) is 2.38. The molecule has 1 aromatic heterocycles. The normalized spacial score (nSPS) is 16.5. The Balaban J connectivity index is 2.40. The van der Waals surface area contributed by atoms with E-state index in [0.29, 0.717) is 0 Å². The van der Waals surface area contributed by atoms with Crippen LogP contribution >= 0.6 is 0 Å². The maximum absolute atomic E-state index is 6.01. The van der Waals surface area contributed by atoms with Crippen molar-refractivity contribution in [2.75, 3.05) is 6.61 Å². The van der Waals surface area contributed by atoms with Gasteiger partial charge in [0.2, 0.25) is 5.88 Å².